The van der Waals surface area contributed by atoms with E-state index in [0.717, 1.165) is 16.3 Å². The number of ether oxygens (including phenoxy) is 2. The van der Waals surface area contributed by atoms with Crippen molar-refractivity contribution >= 4 is 44.5 Å². The highest BCUT2D eigenvalue weighted by atomic mass is 79.9. The lowest BCUT2D eigenvalue weighted by Crippen LogP contribution is -2.27. The van der Waals surface area contributed by atoms with E-state index in [1.54, 1.807) is 26.2 Å². The second kappa shape index (κ2) is 10.3. The van der Waals surface area contributed by atoms with Gasteiger partial charge in [0, 0.05) is 19.7 Å². The van der Waals surface area contributed by atoms with Crippen molar-refractivity contribution in [3.05, 3.63) is 76.3 Å². The fourth-order valence-corrected chi connectivity index (χ4v) is 3.54. The molecule has 0 aliphatic heterocycles. The van der Waals surface area contributed by atoms with Crippen LogP contribution in [0.4, 0.5) is 0 Å². The molecule has 0 N–H and O–H groups in total. The number of halogens is 1. The van der Waals surface area contributed by atoms with Crippen LogP contribution in [0.3, 0.4) is 0 Å². The Bertz CT molecular complexity index is 1140. The third kappa shape index (κ3) is 5.73. The van der Waals surface area contributed by atoms with Crippen LogP contribution in [0.5, 0.6) is 11.5 Å². The van der Waals surface area contributed by atoms with Crippen molar-refractivity contribution in [2.24, 2.45) is 0 Å². The molecule has 0 unspecified atom stereocenters. The van der Waals surface area contributed by atoms with Crippen LogP contribution in [0.25, 0.3) is 16.8 Å². The first-order chi connectivity index (χ1) is 14.9. The summed E-state index contributed by atoms with van der Waals surface area (Å²) >= 11 is 3.49. The Morgan fingerprint density at radius 3 is 2.45 bits per heavy atom. The van der Waals surface area contributed by atoms with Crippen molar-refractivity contribution in [3.8, 4) is 11.5 Å². The number of nitrogens with zero attached hydrogens (tertiary/aromatic N) is 1. The second-order valence-corrected chi connectivity index (χ2v) is 7.95. The zero-order chi connectivity index (χ0) is 22.4. The Morgan fingerprint density at radius 2 is 1.74 bits per heavy atom. The van der Waals surface area contributed by atoms with Gasteiger partial charge in [0.05, 0.1) is 11.1 Å². The molecule has 0 saturated carbocycles. The first-order valence-corrected chi connectivity index (χ1v) is 10.7. The van der Waals surface area contributed by atoms with Gasteiger partial charge in [-0.1, -0.05) is 42.5 Å². The number of ketones is 1. The highest BCUT2D eigenvalue weighted by Crippen LogP contribution is 2.37. The molecule has 3 aromatic rings. The maximum atomic E-state index is 12.7. The molecule has 0 radical (unpaired) electrons. The van der Waals surface area contributed by atoms with E-state index in [9.17, 15) is 9.59 Å². The number of hydrogen-bond donors (Lipinski definition) is 0. The van der Waals surface area contributed by atoms with Gasteiger partial charge in [0.2, 0.25) is 0 Å². The molecular weight excluding hydrogens is 458 g/mol. The van der Waals surface area contributed by atoms with E-state index in [1.165, 1.54) is 11.0 Å². The van der Waals surface area contributed by atoms with E-state index < -0.39 is 0 Å². The number of allylic oxidation sites excluding steroid dienone is 1. The molecule has 0 spiro atoms. The van der Waals surface area contributed by atoms with Crippen molar-refractivity contribution < 1.29 is 19.1 Å². The van der Waals surface area contributed by atoms with Gasteiger partial charge in [0.1, 0.15) is 0 Å². The summed E-state index contributed by atoms with van der Waals surface area (Å²) in [4.78, 5) is 26.0. The summed E-state index contributed by atoms with van der Waals surface area (Å²) in [5.74, 6) is 0.715. The molecule has 0 bridgehead atoms. The Hall–Kier alpha value is -3.12. The molecule has 1 amide bonds. The molecule has 0 aliphatic carbocycles. The van der Waals surface area contributed by atoms with Gasteiger partial charge in [-0.25, -0.2) is 0 Å². The molecule has 0 saturated heterocycles. The quantitative estimate of drug-likeness (QED) is 0.320. The van der Waals surface area contributed by atoms with E-state index in [1.807, 2.05) is 55.5 Å². The number of amides is 1. The highest BCUT2D eigenvalue weighted by Gasteiger charge is 2.14. The summed E-state index contributed by atoms with van der Waals surface area (Å²) < 4.78 is 12.0. The fourth-order valence-electron chi connectivity index (χ4n) is 2.96. The summed E-state index contributed by atoms with van der Waals surface area (Å²) in [5.41, 5.74) is 1.40. The zero-order valence-electron chi connectivity index (χ0n) is 17.7. The summed E-state index contributed by atoms with van der Waals surface area (Å²) in [6.07, 6.45) is 3.28. The zero-order valence-corrected chi connectivity index (χ0v) is 19.3. The van der Waals surface area contributed by atoms with Crippen LogP contribution in [-0.2, 0) is 4.79 Å². The number of carbonyl (C=O) groups is 2. The Kier molecular flexibility index (Phi) is 7.47. The van der Waals surface area contributed by atoms with Crippen LogP contribution in [0.15, 0.2) is 65.1 Å². The molecule has 0 aliphatic rings. The number of fused-ring (bicyclic) bond motifs is 1. The predicted molar refractivity (Wildman–Crippen MR) is 127 cm³/mol. The van der Waals surface area contributed by atoms with Crippen LogP contribution in [-0.4, -0.2) is 43.9 Å². The third-order valence-electron chi connectivity index (χ3n) is 4.63. The summed E-state index contributed by atoms with van der Waals surface area (Å²) in [7, 11) is 3.34. The lowest BCUT2D eigenvalue weighted by Gasteiger charge is -2.16. The molecule has 0 atom stereocenters. The number of likely N-dealkylation sites (N-methyl/N-ethyl adjacent to an activating group) is 1. The SMILES string of the molecule is CCOc1cc(/C=C/C(=O)c2ccc3ccccc3c2)cc(Br)c1OCC(=O)N(C)C. The molecule has 0 heterocycles. The minimum Gasteiger partial charge on any atom is -0.490 e. The lowest BCUT2D eigenvalue weighted by atomic mass is 10.0. The number of benzene rings is 3. The van der Waals surface area contributed by atoms with Crippen LogP contribution >= 0.6 is 15.9 Å². The summed E-state index contributed by atoms with van der Waals surface area (Å²) in [6, 6.07) is 17.2. The summed E-state index contributed by atoms with van der Waals surface area (Å²) in [6.45, 7) is 2.21. The Morgan fingerprint density at radius 1 is 1.00 bits per heavy atom. The van der Waals surface area contributed by atoms with Gasteiger partial charge in [0.25, 0.3) is 5.91 Å². The smallest absolute Gasteiger partial charge is 0.259 e. The van der Waals surface area contributed by atoms with Crippen LogP contribution < -0.4 is 9.47 Å². The van der Waals surface area contributed by atoms with Gasteiger partial charge in [-0.3, -0.25) is 9.59 Å². The van der Waals surface area contributed by atoms with E-state index in [2.05, 4.69) is 15.9 Å². The standard InChI is InChI=1S/C25H24BrNO4/c1-4-30-23-14-17(13-21(26)25(23)31-16-24(29)27(2)3)9-12-22(28)20-11-10-18-7-5-6-8-19(18)15-20/h5-15H,4,16H2,1-3H3/b12-9+. The molecule has 0 aromatic heterocycles. The van der Waals surface area contributed by atoms with E-state index in [4.69, 9.17) is 9.47 Å². The molecule has 3 aromatic carbocycles. The molecule has 0 fully saturated rings. The first-order valence-electron chi connectivity index (χ1n) is 9.89. The van der Waals surface area contributed by atoms with Gasteiger partial charge < -0.3 is 14.4 Å². The minimum atomic E-state index is -0.153. The van der Waals surface area contributed by atoms with Crippen molar-refractivity contribution in [1.29, 1.82) is 0 Å². The van der Waals surface area contributed by atoms with Crippen LogP contribution in [0.2, 0.25) is 0 Å². The Balaban J connectivity index is 1.81. The van der Waals surface area contributed by atoms with Gasteiger partial charge in [-0.15, -0.1) is 0 Å². The van der Waals surface area contributed by atoms with Crippen molar-refractivity contribution in [1.82, 2.24) is 4.90 Å². The highest BCUT2D eigenvalue weighted by molar-refractivity contribution is 9.10. The van der Waals surface area contributed by atoms with Gasteiger partial charge in [-0.2, -0.15) is 0 Å². The van der Waals surface area contributed by atoms with E-state index >= 15 is 0 Å². The lowest BCUT2D eigenvalue weighted by molar-refractivity contribution is -0.130. The van der Waals surface area contributed by atoms with Crippen LogP contribution in [0.1, 0.15) is 22.8 Å². The topological polar surface area (TPSA) is 55.8 Å². The van der Waals surface area contributed by atoms with Crippen molar-refractivity contribution in [3.63, 3.8) is 0 Å². The predicted octanol–water partition coefficient (Wildman–Crippen LogP) is 5.36. The molecule has 31 heavy (non-hydrogen) atoms. The number of carbonyl (C=O) groups excluding carboxylic acids is 2. The van der Waals surface area contributed by atoms with E-state index in [-0.39, 0.29) is 18.3 Å². The average molecular weight is 482 g/mol. The van der Waals surface area contributed by atoms with Crippen LogP contribution in [0, 0.1) is 0 Å². The largest absolute Gasteiger partial charge is 0.490 e. The molecular formula is C25H24BrNO4. The number of hydrogen-bond acceptors (Lipinski definition) is 4. The molecule has 6 heteroatoms. The fraction of sp³-hybridized carbons (Fsp3) is 0.200. The minimum absolute atomic E-state index is 0.0864. The third-order valence-corrected chi connectivity index (χ3v) is 5.22. The summed E-state index contributed by atoms with van der Waals surface area (Å²) in [5, 5.41) is 2.12. The maximum Gasteiger partial charge on any atom is 0.259 e. The van der Waals surface area contributed by atoms with Gasteiger partial charge in [0.15, 0.2) is 23.9 Å². The van der Waals surface area contributed by atoms with Gasteiger partial charge >= 0.3 is 0 Å². The van der Waals surface area contributed by atoms with Gasteiger partial charge in [-0.05, 0) is 63.5 Å². The van der Waals surface area contributed by atoms with Crippen molar-refractivity contribution in [2.45, 2.75) is 6.92 Å². The second-order valence-electron chi connectivity index (χ2n) is 7.10. The molecule has 3 rings (SSSR count). The Labute approximate surface area is 190 Å². The van der Waals surface area contributed by atoms with E-state index in [0.29, 0.717) is 28.1 Å². The normalized spacial score (nSPS) is 11.0. The first kappa shape index (κ1) is 22.6. The molecule has 5 nitrogen and oxygen atoms in total. The molecule has 160 valence electrons. The maximum absolute atomic E-state index is 12.7. The van der Waals surface area contributed by atoms with Crippen molar-refractivity contribution in [2.75, 3.05) is 27.3 Å². The monoisotopic (exact) mass is 481 g/mol. The average Bonchev–Trinajstić information content (AvgIpc) is 2.76. The number of rotatable bonds is 8.